The second kappa shape index (κ2) is 14.3. The predicted octanol–water partition coefficient (Wildman–Crippen LogP) is 5.11. The monoisotopic (exact) mass is 552 g/mol. The lowest BCUT2D eigenvalue weighted by Crippen LogP contribution is -2.33. The number of hydrogen-bond acceptors (Lipinski definition) is 6. The summed E-state index contributed by atoms with van der Waals surface area (Å²) in [5.41, 5.74) is 4.05. The second-order valence-electron chi connectivity index (χ2n) is 10.4. The average Bonchev–Trinajstić information content (AvgIpc) is 2.90. The topological polar surface area (TPSA) is 105 Å². The lowest BCUT2D eigenvalue weighted by atomic mass is 10.0. The first-order chi connectivity index (χ1) is 18.5. The minimum atomic E-state index is -3.74. The molecule has 0 aliphatic rings. The SMILES string of the molecule is CC(C)CCS(=O)(=O)NC(=O)c1ccc(-c2ccc(CCNC[C@H](O)c3ccccc3)cc2)cc1OC(C)C. The van der Waals surface area contributed by atoms with Gasteiger partial charge in [-0.15, -0.1) is 0 Å². The fraction of sp³-hybridized carbons (Fsp3) is 0.387. The zero-order valence-electron chi connectivity index (χ0n) is 23.2. The zero-order chi connectivity index (χ0) is 28.4. The third kappa shape index (κ3) is 9.80. The number of amides is 1. The number of benzene rings is 3. The van der Waals surface area contributed by atoms with Gasteiger partial charge in [0.25, 0.3) is 5.91 Å². The molecule has 8 heteroatoms. The van der Waals surface area contributed by atoms with Crippen molar-refractivity contribution in [3.63, 3.8) is 0 Å². The van der Waals surface area contributed by atoms with E-state index in [1.165, 1.54) is 0 Å². The van der Waals surface area contributed by atoms with E-state index in [-0.39, 0.29) is 23.3 Å². The molecule has 3 aromatic rings. The second-order valence-corrected chi connectivity index (χ2v) is 12.2. The van der Waals surface area contributed by atoms with Gasteiger partial charge in [-0.3, -0.25) is 4.79 Å². The van der Waals surface area contributed by atoms with Gasteiger partial charge in [0.1, 0.15) is 5.75 Å². The molecule has 0 aromatic heterocycles. The Bertz CT molecular complexity index is 1310. The molecular formula is C31H40N2O5S. The minimum absolute atomic E-state index is 0.107. The largest absolute Gasteiger partial charge is 0.490 e. The molecule has 3 rings (SSSR count). The van der Waals surface area contributed by atoms with Crippen LogP contribution in [0.25, 0.3) is 11.1 Å². The molecule has 0 aliphatic heterocycles. The van der Waals surface area contributed by atoms with Crippen LogP contribution in [0.5, 0.6) is 5.75 Å². The summed E-state index contributed by atoms with van der Waals surface area (Å²) in [7, 11) is -3.74. The highest BCUT2D eigenvalue weighted by molar-refractivity contribution is 7.90. The molecule has 39 heavy (non-hydrogen) atoms. The molecule has 0 aliphatic carbocycles. The number of hydrogen-bond donors (Lipinski definition) is 3. The van der Waals surface area contributed by atoms with E-state index < -0.39 is 22.0 Å². The molecule has 0 saturated heterocycles. The third-order valence-corrected chi connectivity index (χ3v) is 7.47. The molecule has 7 nitrogen and oxygen atoms in total. The molecule has 0 bridgehead atoms. The number of aliphatic hydroxyl groups is 1. The van der Waals surface area contributed by atoms with Crippen molar-refractivity contribution in [1.29, 1.82) is 0 Å². The van der Waals surface area contributed by atoms with Crippen LogP contribution in [0.3, 0.4) is 0 Å². The molecule has 0 spiro atoms. The van der Waals surface area contributed by atoms with Crippen LogP contribution in [-0.4, -0.2) is 44.4 Å². The van der Waals surface area contributed by atoms with E-state index in [1.54, 1.807) is 18.2 Å². The van der Waals surface area contributed by atoms with Gasteiger partial charge in [0, 0.05) is 6.54 Å². The van der Waals surface area contributed by atoms with Gasteiger partial charge in [-0.05, 0) is 73.5 Å². The number of sulfonamides is 1. The van der Waals surface area contributed by atoms with Crippen LogP contribution in [0, 0.1) is 5.92 Å². The fourth-order valence-corrected chi connectivity index (χ4v) is 5.28. The van der Waals surface area contributed by atoms with Gasteiger partial charge in [0.2, 0.25) is 10.0 Å². The lowest BCUT2D eigenvalue weighted by Gasteiger charge is -2.16. The summed E-state index contributed by atoms with van der Waals surface area (Å²) in [5.74, 6) is -0.249. The molecule has 3 N–H and O–H groups in total. The van der Waals surface area contributed by atoms with Gasteiger partial charge < -0.3 is 15.2 Å². The minimum Gasteiger partial charge on any atom is -0.490 e. The third-order valence-electron chi connectivity index (χ3n) is 6.20. The van der Waals surface area contributed by atoms with E-state index in [0.717, 1.165) is 35.2 Å². The Hall–Kier alpha value is -3.20. The molecule has 0 saturated carbocycles. The van der Waals surface area contributed by atoms with Gasteiger partial charge in [0.05, 0.1) is 23.5 Å². The van der Waals surface area contributed by atoms with E-state index in [2.05, 4.69) is 22.2 Å². The molecule has 0 unspecified atom stereocenters. The molecule has 0 heterocycles. The van der Waals surface area contributed by atoms with E-state index >= 15 is 0 Å². The Kier molecular flexibility index (Phi) is 11.1. The average molecular weight is 553 g/mol. The van der Waals surface area contributed by atoms with Crippen molar-refractivity contribution < 1.29 is 23.1 Å². The summed E-state index contributed by atoms with van der Waals surface area (Å²) in [5, 5.41) is 13.6. The Balaban J connectivity index is 1.64. The van der Waals surface area contributed by atoms with Crippen LogP contribution in [0.15, 0.2) is 72.8 Å². The van der Waals surface area contributed by atoms with Crippen molar-refractivity contribution in [3.8, 4) is 16.9 Å². The highest BCUT2D eigenvalue weighted by Crippen LogP contribution is 2.29. The summed E-state index contributed by atoms with van der Waals surface area (Å²) in [6, 6.07) is 22.9. The van der Waals surface area contributed by atoms with Gasteiger partial charge in [0.15, 0.2) is 0 Å². The fourth-order valence-electron chi connectivity index (χ4n) is 4.01. The van der Waals surface area contributed by atoms with Crippen molar-refractivity contribution in [3.05, 3.63) is 89.5 Å². The Morgan fingerprint density at radius 2 is 1.59 bits per heavy atom. The summed E-state index contributed by atoms with van der Waals surface area (Å²) < 4.78 is 32.8. The number of aliphatic hydroxyl groups excluding tert-OH is 1. The van der Waals surface area contributed by atoms with Crippen molar-refractivity contribution in [2.75, 3.05) is 18.8 Å². The van der Waals surface area contributed by atoms with E-state index in [9.17, 15) is 18.3 Å². The number of ether oxygens (including phenoxy) is 1. The van der Waals surface area contributed by atoms with Gasteiger partial charge >= 0.3 is 0 Å². The maximum atomic E-state index is 12.9. The first-order valence-electron chi connectivity index (χ1n) is 13.4. The van der Waals surface area contributed by atoms with Gasteiger partial charge in [-0.25, -0.2) is 13.1 Å². The molecule has 210 valence electrons. The Labute approximate surface area is 232 Å². The summed E-state index contributed by atoms with van der Waals surface area (Å²) in [6.45, 7) is 8.81. The highest BCUT2D eigenvalue weighted by Gasteiger charge is 2.21. The van der Waals surface area contributed by atoms with Gasteiger partial charge in [-0.2, -0.15) is 0 Å². The molecular weight excluding hydrogens is 512 g/mol. The van der Waals surface area contributed by atoms with Gasteiger partial charge in [-0.1, -0.05) is 74.5 Å². The van der Waals surface area contributed by atoms with Crippen LogP contribution < -0.4 is 14.8 Å². The standard InChI is InChI=1S/C31H40N2O5S/c1-22(2)17-19-39(36,37)33-31(35)28-15-14-27(20-30(28)38-23(3)4)25-12-10-24(11-13-25)16-18-32-21-29(34)26-8-6-5-7-9-26/h5-15,20,22-23,29,32,34H,16-19,21H2,1-4H3,(H,33,35)/t29-/m0/s1. The summed E-state index contributed by atoms with van der Waals surface area (Å²) >= 11 is 0. The van der Waals surface area contributed by atoms with Crippen molar-refractivity contribution in [2.24, 2.45) is 5.92 Å². The maximum absolute atomic E-state index is 12.9. The van der Waals surface area contributed by atoms with Crippen LogP contribution in [0.4, 0.5) is 0 Å². The van der Waals surface area contributed by atoms with Crippen LogP contribution >= 0.6 is 0 Å². The van der Waals surface area contributed by atoms with Crippen LogP contribution in [-0.2, 0) is 16.4 Å². The van der Waals surface area contributed by atoms with Crippen LogP contribution in [0.1, 0.15) is 61.7 Å². The van der Waals surface area contributed by atoms with E-state index in [0.29, 0.717) is 18.7 Å². The maximum Gasteiger partial charge on any atom is 0.268 e. The normalized spacial score (nSPS) is 12.5. The molecule has 1 atom stereocenters. The van der Waals surface area contributed by atoms with Crippen LogP contribution in [0.2, 0.25) is 0 Å². The highest BCUT2D eigenvalue weighted by atomic mass is 32.2. The number of rotatable bonds is 14. The molecule has 0 radical (unpaired) electrons. The number of carbonyl (C=O) groups excluding carboxylic acids is 1. The molecule has 0 fully saturated rings. The molecule has 1 amide bonds. The lowest BCUT2D eigenvalue weighted by molar-refractivity contribution is 0.0975. The first kappa shape index (κ1) is 30.3. The summed E-state index contributed by atoms with van der Waals surface area (Å²) in [4.78, 5) is 12.9. The Morgan fingerprint density at radius 1 is 0.923 bits per heavy atom. The van der Waals surface area contributed by atoms with Crippen molar-refractivity contribution in [1.82, 2.24) is 10.0 Å². The number of nitrogens with one attached hydrogen (secondary N) is 2. The first-order valence-corrected chi connectivity index (χ1v) is 15.1. The summed E-state index contributed by atoms with van der Waals surface area (Å²) in [6.07, 6.45) is 0.549. The van der Waals surface area contributed by atoms with E-state index in [1.807, 2.05) is 70.2 Å². The van der Waals surface area contributed by atoms with Crippen molar-refractivity contribution in [2.45, 2.75) is 52.7 Å². The zero-order valence-corrected chi connectivity index (χ0v) is 24.0. The van der Waals surface area contributed by atoms with E-state index in [4.69, 9.17) is 4.74 Å². The van der Waals surface area contributed by atoms with Crippen molar-refractivity contribution >= 4 is 15.9 Å². The quantitative estimate of drug-likeness (QED) is 0.240. The Morgan fingerprint density at radius 3 is 2.23 bits per heavy atom. The predicted molar refractivity (Wildman–Crippen MR) is 156 cm³/mol. The smallest absolute Gasteiger partial charge is 0.268 e. The molecule has 3 aromatic carbocycles. The number of carbonyl (C=O) groups is 1.